The Hall–Kier alpha value is -2.04. The fourth-order valence-corrected chi connectivity index (χ4v) is 2.80. The van der Waals surface area contributed by atoms with Gasteiger partial charge in [-0.05, 0) is 64.6 Å². The lowest BCUT2D eigenvalue weighted by molar-refractivity contribution is -0.112. The van der Waals surface area contributed by atoms with Gasteiger partial charge < -0.3 is 10.1 Å². The Bertz CT molecular complexity index is 812. The first-order chi connectivity index (χ1) is 11.0. The van der Waals surface area contributed by atoms with Crippen molar-refractivity contribution in [2.45, 2.75) is 0 Å². The van der Waals surface area contributed by atoms with Crippen molar-refractivity contribution >= 4 is 51.9 Å². The first kappa shape index (κ1) is 17.3. The van der Waals surface area contributed by atoms with Gasteiger partial charge in [0.2, 0.25) is 0 Å². The quantitative estimate of drug-likeness (QED) is 0.434. The van der Waals surface area contributed by atoms with Crippen molar-refractivity contribution in [2.24, 2.45) is 0 Å². The van der Waals surface area contributed by atoms with Gasteiger partial charge in [0.25, 0.3) is 5.91 Å². The Labute approximate surface area is 152 Å². The van der Waals surface area contributed by atoms with Crippen molar-refractivity contribution in [1.29, 1.82) is 5.26 Å². The van der Waals surface area contributed by atoms with Gasteiger partial charge in [-0.1, -0.05) is 23.7 Å². The van der Waals surface area contributed by atoms with Crippen molar-refractivity contribution in [1.82, 2.24) is 0 Å². The van der Waals surface area contributed by atoms with Gasteiger partial charge in [0.05, 0.1) is 10.7 Å². The zero-order valence-electron chi connectivity index (χ0n) is 12.1. The third kappa shape index (κ3) is 4.71. The summed E-state index contributed by atoms with van der Waals surface area (Å²) in [6.45, 7) is 0. The number of nitrogens with one attached hydrogen (secondary N) is 1. The highest BCUT2D eigenvalue weighted by Gasteiger charge is 2.10. The summed E-state index contributed by atoms with van der Waals surface area (Å²) in [5, 5.41) is 12.4. The number of methoxy groups -OCH3 is 1. The van der Waals surface area contributed by atoms with Crippen LogP contribution in [-0.4, -0.2) is 13.0 Å². The number of amides is 1. The van der Waals surface area contributed by atoms with E-state index in [1.165, 1.54) is 6.08 Å². The summed E-state index contributed by atoms with van der Waals surface area (Å²) < 4.78 is 6.08. The number of hydrogen-bond acceptors (Lipinski definition) is 3. The fourth-order valence-electron chi connectivity index (χ4n) is 1.85. The highest BCUT2D eigenvalue weighted by Crippen LogP contribution is 2.23. The van der Waals surface area contributed by atoms with Crippen molar-refractivity contribution in [3.8, 4) is 11.8 Å². The minimum Gasteiger partial charge on any atom is -0.496 e. The molecule has 0 aliphatic carbocycles. The third-order valence-electron chi connectivity index (χ3n) is 2.93. The molecular weight excluding hydrogens is 427 g/mol. The molecule has 0 unspecified atom stereocenters. The molecule has 0 fully saturated rings. The third-order valence-corrected chi connectivity index (χ3v) is 4.01. The average molecular weight is 439 g/mol. The molecule has 0 aliphatic heterocycles. The molecule has 116 valence electrons. The number of carbonyl (C=O) groups is 1. The van der Waals surface area contributed by atoms with Crippen LogP contribution in [0.1, 0.15) is 5.56 Å². The van der Waals surface area contributed by atoms with E-state index in [2.05, 4.69) is 27.9 Å². The van der Waals surface area contributed by atoms with Crippen LogP contribution in [0.2, 0.25) is 5.02 Å². The van der Waals surface area contributed by atoms with Crippen LogP contribution in [0.5, 0.6) is 5.75 Å². The van der Waals surface area contributed by atoms with Crippen molar-refractivity contribution < 1.29 is 9.53 Å². The van der Waals surface area contributed by atoms with E-state index >= 15 is 0 Å². The van der Waals surface area contributed by atoms with E-state index in [1.807, 2.05) is 12.1 Å². The van der Waals surface area contributed by atoms with E-state index in [0.717, 1.165) is 14.9 Å². The molecule has 1 amide bonds. The predicted molar refractivity (Wildman–Crippen MR) is 99.4 cm³/mol. The fraction of sp³-hybridized carbons (Fsp3) is 0.0588. The van der Waals surface area contributed by atoms with Gasteiger partial charge in [0, 0.05) is 10.7 Å². The number of rotatable bonds is 4. The number of carbonyl (C=O) groups excluding carboxylic acids is 1. The smallest absolute Gasteiger partial charge is 0.266 e. The number of nitrogens with zero attached hydrogens (tertiary/aromatic N) is 1. The van der Waals surface area contributed by atoms with Crippen LogP contribution in [0.15, 0.2) is 48.0 Å². The molecule has 1 N–H and O–H groups in total. The molecule has 0 radical (unpaired) electrons. The Balaban J connectivity index is 2.23. The van der Waals surface area contributed by atoms with Crippen LogP contribution in [-0.2, 0) is 4.79 Å². The molecule has 0 heterocycles. The highest BCUT2D eigenvalue weighted by atomic mass is 127. The van der Waals surface area contributed by atoms with E-state index in [1.54, 1.807) is 43.5 Å². The van der Waals surface area contributed by atoms with E-state index in [9.17, 15) is 10.1 Å². The second-order valence-electron chi connectivity index (χ2n) is 4.53. The maximum atomic E-state index is 12.2. The number of anilines is 1. The topological polar surface area (TPSA) is 62.1 Å². The highest BCUT2D eigenvalue weighted by molar-refractivity contribution is 14.1. The maximum Gasteiger partial charge on any atom is 0.266 e. The number of hydrogen-bond donors (Lipinski definition) is 1. The summed E-state index contributed by atoms with van der Waals surface area (Å²) in [6.07, 6.45) is 1.53. The Morgan fingerprint density at radius 2 is 2.13 bits per heavy atom. The molecule has 0 aromatic heterocycles. The largest absolute Gasteiger partial charge is 0.496 e. The minimum atomic E-state index is -0.486. The number of ether oxygens (including phenoxy) is 1. The van der Waals surface area contributed by atoms with Crippen LogP contribution >= 0.6 is 34.2 Å². The number of nitriles is 1. The molecule has 2 aromatic carbocycles. The summed E-state index contributed by atoms with van der Waals surface area (Å²) >= 11 is 8.01. The molecule has 2 aromatic rings. The van der Waals surface area contributed by atoms with Gasteiger partial charge in [0.15, 0.2) is 0 Å². The molecule has 0 saturated carbocycles. The van der Waals surface area contributed by atoms with Gasteiger partial charge in [-0.3, -0.25) is 4.79 Å². The monoisotopic (exact) mass is 438 g/mol. The summed E-state index contributed by atoms with van der Waals surface area (Å²) in [5.41, 5.74) is 1.28. The van der Waals surface area contributed by atoms with Gasteiger partial charge in [-0.2, -0.15) is 5.26 Å². The molecular formula is C17H12ClIN2O2. The van der Waals surface area contributed by atoms with Gasteiger partial charge in [-0.25, -0.2) is 0 Å². The van der Waals surface area contributed by atoms with Crippen LogP contribution in [0.25, 0.3) is 6.08 Å². The Morgan fingerprint density at radius 3 is 2.74 bits per heavy atom. The lowest BCUT2D eigenvalue weighted by Crippen LogP contribution is -2.13. The Morgan fingerprint density at radius 1 is 1.35 bits per heavy atom. The van der Waals surface area contributed by atoms with Gasteiger partial charge in [-0.15, -0.1) is 0 Å². The van der Waals surface area contributed by atoms with Crippen LogP contribution in [0, 0.1) is 14.9 Å². The predicted octanol–water partition coefficient (Wildman–Crippen LogP) is 4.50. The summed E-state index contributed by atoms with van der Waals surface area (Å²) in [4.78, 5) is 12.2. The summed E-state index contributed by atoms with van der Waals surface area (Å²) in [6, 6.07) is 14.1. The molecule has 2 rings (SSSR count). The SMILES string of the molecule is COc1ccc(/C=C(\C#N)C(=O)Nc2cccc(Cl)c2)cc1I. The number of benzene rings is 2. The van der Waals surface area contributed by atoms with Gasteiger partial charge >= 0.3 is 0 Å². The first-order valence-corrected chi connectivity index (χ1v) is 8.01. The second kappa shape index (κ2) is 7.99. The van der Waals surface area contributed by atoms with E-state index in [-0.39, 0.29) is 5.57 Å². The Kier molecular flexibility index (Phi) is 6.02. The van der Waals surface area contributed by atoms with Crippen LogP contribution in [0.4, 0.5) is 5.69 Å². The van der Waals surface area contributed by atoms with E-state index in [0.29, 0.717) is 10.7 Å². The van der Waals surface area contributed by atoms with Crippen LogP contribution in [0.3, 0.4) is 0 Å². The summed E-state index contributed by atoms with van der Waals surface area (Å²) in [5.74, 6) is 0.255. The lowest BCUT2D eigenvalue weighted by atomic mass is 10.1. The van der Waals surface area contributed by atoms with Crippen molar-refractivity contribution in [3.63, 3.8) is 0 Å². The maximum absolute atomic E-state index is 12.2. The lowest BCUT2D eigenvalue weighted by Gasteiger charge is -2.06. The van der Waals surface area contributed by atoms with E-state index in [4.69, 9.17) is 16.3 Å². The standard InChI is InChI=1S/C17H12ClIN2O2/c1-23-16-6-5-11(8-15(16)19)7-12(10-20)17(22)21-14-4-2-3-13(18)9-14/h2-9H,1H3,(H,21,22)/b12-7+. The number of halogens is 2. The van der Waals surface area contributed by atoms with Crippen molar-refractivity contribution in [3.05, 3.63) is 62.2 Å². The zero-order chi connectivity index (χ0) is 16.8. The molecule has 4 nitrogen and oxygen atoms in total. The average Bonchev–Trinajstić information content (AvgIpc) is 2.52. The molecule has 23 heavy (non-hydrogen) atoms. The van der Waals surface area contributed by atoms with Gasteiger partial charge in [0.1, 0.15) is 17.4 Å². The van der Waals surface area contributed by atoms with E-state index < -0.39 is 5.91 Å². The van der Waals surface area contributed by atoms with Crippen LogP contribution < -0.4 is 10.1 Å². The molecule has 0 aliphatic rings. The molecule has 0 saturated heterocycles. The summed E-state index contributed by atoms with van der Waals surface area (Å²) in [7, 11) is 1.59. The molecule has 0 spiro atoms. The second-order valence-corrected chi connectivity index (χ2v) is 6.13. The first-order valence-electron chi connectivity index (χ1n) is 6.55. The molecule has 0 bridgehead atoms. The molecule has 6 heteroatoms. The van der Waals surface area contributed by atoms with Crippen molar-refractivity contribution in [2.75, 3.05) is 12.4 Å². The zero-order valence-corrected chi connectivity index (χ0v) is 15.1. The minimum absolute atomic E-state index is 0.00550. The normalized spacial score (nSPS) is 10.8. The molecule has 0 atom stereocenters.